The predicted molar refractivity (Wildman–Crippen MR) is 69.6 cm³/mol. The van der Waals surface area contributed by atoms with Crippen molar-refractivity contribution in [3.8, 4) is 0 Å². The maximum atomic E-state index is 13.2. The van der Waals surface area contributed by atoms with E-state index in [-0.39, 0.29) is 11.2 Å². The van der Waals surface area contributed by atoms with Crippen LogP contribution in [0.25, 0.3) is 0 Å². The Morgan fingerprint density at radius 2 is 2.18 bits per heavy atom. The molecule has 0 unspecified atom stereocenters. The molecular weight excluding hydrogens is 215 g/mol. The van der Waals surface area contributed by atoms with Gasteiger partial charge in [0, 0.05) is 24.2 Å². The van der Waals surface area contributed by atoms with Gasteiger partial charge in [0.25, 0.3) is 0 Å². The Morgan fingerprint density at radius 3 is 2.65 bits per heavy atom. The summed E-state index contributed by atoms with van der Waals surface area (Å²) in [5, 5.41) is 0. The molecule has 0 saturated heterocycles. The number of rotatable bonds is 5. The average Bonchev–Trinajstić information content (AvgIpc) is 2.29. The summed E-state index contributed by atoms with van der Waals surface area (Å²) in [6.07, 6.45) is 3.68. The van der Waals surface area contributed by atoms with Crippen LogP contribution in [0.2, 0.25) is 0 Å². The molecule has 2 rings (SSSR count). The molecule has 0 heterocycles. The van der Waals surface area contributed by atoms with Gasteiger partial charge in [-0.1, -0.05) is 12.5 Å². The summed E-state index contributed by atoms with van der Waals surface area (Å²) in [4.78, 5) is 2.23. The fraction of sp³-hybridized carbons (Fsp3) is 0.571. The van der Waals surface area contributed by atoms with Crippen molar-refractivity contribution in [2.75, 3.05) is 24.5 Å². The molecule has 0 spiro atoms. The van der Waals surface area contributed by atoms with Crippen LogP contribution in [-0.4, -0.2) is 19.6 Å². The zero-order chi connectivity index (χ0) is 12.3. The number of halogens is 1. The van der Waals surface area contributed by atoms with E-state index in [0.29, 0.717) is 0 Å². The van der Waals surface area contributed by atoms with Crippen LogP contribution in [0.5, 0.6) is 0 Å². The van der Waals surface area contributed by atoms with Crippen LogP contribution in [0.4, 0.5) is 10.1 Å². The lowest BCUT2D eigenvalue weighted by Crippen LogP contribution is -2.47. The van der Waals surface area contributed by atoms with E-state index in [4.69, 9.17) is 5.73 Å². The molecule has 94 valence electrons. The summed E-state index contributed by atoms with van der Waals surface area (Å²) in [5.41, 5.74) is 7.11. The van der Waals surface area contributed by atoms with Gasteiger partial charge in [-0.2, -0.15) is 0 Å². The van der Waals surface area contributed by atoms with Gasteiger partial charge in [0.05, 0.1) is 0 Å². The van der Waals surface area contributed by atoms with Crippen LogP contribution in [-0.2, 0) is 0 Å². The van der Waals surface area contributed by atoms with Gasteiger partial charge in [-0.05, 0) is 44.5 Å². The minimum absolute atomic E-state index is 0.170. The van der Waals surface area contributed by atoms with Gasteiger partial charge in [0.2, 0.25) is 0 Å². The van der Waals surface area contributed by atoms with Crippen molar-refractivity contribution in [2.45, 2.75) is 26.2 Å². The van der Waals surface area contributed by atoms with E-state index in [1.165, 1.54) is 25.3 Å². The van der Waals surface area contributed by atoms with Crippen molar-refractivity contribution in [1.82, 2.24) is 0 Å². The average molecular weight is 236 g/mol. The molecule has 0 radical (unpaired) electrons. The minimum Gasteiger partial charge on any atom is -0.371 e. The molecule has 1 aromatic rings. The van der Waals surface area contributed by atoms with Crippen molar-refractivity contribution in [3.63, 3.8) is 0 Å². The number of nitrogens with two attached hydrogens (primary N) is 1. The third kappa shape index (κ3) is 2.60. The van der Waals surface area contributed by atoms with Crippen molar-refractivity contribution in [1.29, 1.82) is 0 Å². The summed E-state index contributed by atoms with van der Waals surface area (Å²) in [5.74, 6) is -0.170. The summed E-state index contributed by atoms with van der Waals surface area (Å²) in [6.45, 7) is 4.68. The molecule has 0 aliphatic heterocycles. The summed E-state index contributed by atoms with van der Waals surface area (Å²) >= 11 is 0. The highest BCUT2D eigenvalue weighted by Gasteiger charge is 2.37. The first-order valence-electron chi connectivity index (χ1n) is 6.40. The first kappa shape index (κ1) is 12.4. The molecule has 2 nitrogen and oxygen atoms in total. The lowest BCUT2D eigenvalue weighted by atomic mass is 9.68. The van der Waals surface area contributed by atoms with Crippen molar-refractivity contribution >= 4 is 5.69 Å². The first-order chi connectivity index (χ1) is 8.19. The smallest absolute Gasteiger partial charge is 0.125 e. The molecule has 0 aromatic heterocycles. The number of hydrogen-bond donors (Lipinski definition) is 1. The monoisotopic (exact) mass is 236 g/mol. The van der Waals surface area contributed by atoms with Gasteiger partial charge in [-0.25, -0.2) is 4.39 Å². The van der Waals surface area contributed by atoms with Crippen molar-refractivity contribution in [2.24, 2.45) is 11.1 Å². The van der Waals surface area contributed by atoms with E-state index < -0.39 is 0 Å². The van der Waals surface area contributed by atoms with E-state index in [9.17, 15) is 4.39 Å². The lowest BCUT2D eigenvalue weighted by molar-refractivity contribution is 0.152. The Bertz CT molecular complexity index is 369. The minimum atomic E-state index is -0.170. The Morgan fingerprint density at radius 1 is 1.41 bits per heavy atom. The molecular formula is C14H21FN2. The Hall–Kier alpha value is -1.09. The Balaban J connectivity index is 2.11. The van der Waals surface area contributed by atoms with E-state index in [1.807, 2.05) is 6.07 Å². The van der Waals surface area contributed by atoms with Gasteiger partial charge in [0.1, 0.15) is 5.82 Å². The molecule has 3 heteroatoms. The third-order valence-corrected chi connectivity index (χ3v) is 3.93. The van der Waals surface area contributed by atoms with Gasteiger partial charge in [-0.15, -0.1) is 0 Å². The fourth-order valence-electron chi connectivity index (χ4n) is 2.57. The van der Waals surface area contributed by atoms with Crippen LogP contribution in [0.1, 0.15) is 26.2 Å². The second-order valence-corrected chi connectivity index (χ2v) is 5.05. The molecule has 1 aromatic carbocycles. The number of hydrogen-bond acceptors (Lipinski definition) is 2. The molecule has 0 bridgehead atoms. The quantitative estimate of drug-likeness (QED) is 0.851. The first-order valence-corrected chi connectivity index (χ1v) is 6.40. The molecule has 0 atom stereocenters. The van der Waals surface area contributed by atoms with Gasteiger partial charge in [0.15, 0.2) is 0 Å². The topological polar surface area (TPSA) is 29.3 Å². The molecule has 1 aliphatic rings. The maximum Gasteiger partial charge on any atom is 0.125 e. The number of nitrogens with zero attached hydrogens (tertiary/aromatic N) is 1. The zero-order valence-electron chi connectivity index (χ0n) is 10.5. The van der Waals surface area contributed by atoms with Crippen molar-refractivity contribution < 1.29 is 4.39 Å². The van der Waals surface area contributed by atoms with Crippen LogP contribution in [0.3, 0.4) is 0 Å². The molecule has 1 saturated carbocycles. The summed E-state index contributed by atoms with van der Waals surface area (Å²) < 4.78 is 13.2. The van der Waals surface area contributed by atoms with Crippen LogP contribution in [0.15, 0.2) is 24.3 Å². The highest BCUT2D eigenvalue weighted by Crippen LogP contribution is 2.41. The van der Waals surface area contributed by atoms with Crippen LogP contribution >= 0.6 is 0 Å². The molecule has 17 heavy (non-hydrogen) atoms. The van der Waals surface area contributed by atoms with Gasteiger partial charge in [-0.3, -0.25) is 0 Å². The molecule has 0 amide bonds. The lowest BCUT2D eigenvalue weighted by Gasteiger charge is -2.44. The fourth-order valence-corrected chi connectivity index (χ4v) is 2.57. The largest absolute Gasteiger partial charge is 0.371 e. The zero-order valence-corrected chi connectivity index (χ0v) is 10.5. The maximum absolute atomic E-state index is 13.2. The Labute approximate surface area is 103 Å². The SMILES string of the molecule is CCN(CC1(CN)CCC1)c1cccc(F)c1. The summed E-state index contributed by atoms with van der Waals surface area (Å²) in [6, 6.07) is 6.82. The number of benzene rings is 1. The normalized spacial score (nSPS) is 17.6. The standard InChI is InChI=1S/C14H21FN2/c1-2-17(11-14(10-16)7-4-8-14)13-6-3-5-12(15)9-13/h3,5-6,9H,2,4,7-8,10-11,16H2,1H3. The van der Waals surface area contributed by atoms with Gasteiger partial charge >= 0.3 is 0 Å². The highest BCUT2D eigenvalue weighted by atomic mass is 19.1. The highest BCUT2D eigenvalue weighted by molar-refractivity contribution is 5.46. The van der Waals surface area contributed by atoms with Crippen molar-refractivity contribution in [3.05, 3.63) is 30.1 Å². The van der Waals surface area contributed by atoms with Gasteiger partial charge < -0.3 is 10.6 Å². The Kier molecular flexibility index (Phi) is 3.67. The van der Waals surface area contributed by atoms with E-state index >= 15 is 0 Å². The summed E-state index contributed by atoms with van der Waals surface area (Å²) in [7, 11) is 0. The van der Waals surface area contributed by atoms with E-state index in [1.54, 1.807) is 12.1 Å². The number of anilines is 1. The van der Waals surface area contributed by atoms with Crippen LogP contribution in [0, 0.1) is 11.2 Å². The molecule has 1 fully saturated rings. The second kappa shape index (κ2) is 5.05. The van der Waals surface area contributed by atoms with E-state index in [0.717, 1.165) is 25.3 Å². The predicted octanol–water partition coefficient (Wildman–Crippen LogP) is 2.78. The van der Waals surface area contributed by atoms with Crippen LogP contribution < -0.4 is 10.6 Å². The third-order valence-electron chi connectivity index (χ3n) is 3.93. The van der Waals surface area contributed by atoms with E-state index in [2.05, 4.69) is 11.8 Å². The molecule has 2 N–H and O–H groups in total. The second-order valence-electron chi connectivity index (χ2n) is 5.05. The molecule has 1 aliphatic carbocycles.